The molecule has 0 saturated carbocycles. The average molecular weight is 633 g/mol. The highest BCUT2D eigenvalue weighted by Crippen LogP contribution is 2.26. The number of rotatable bonds is 31. The largest absolute Gasteiger partial charge is 0.466 e. The molecule has 0 spiro atoms. The molecular weight excluding hydrogens is 568 g/mol. The molecule has 1 fully saturated rings. The summed E-state index contributed by atoms with van der Waals surface area (Å²) in [5, 5.41) is 27.7. The van der Waals surface area contributed by atoms with E-state index in [1.54, 1.807) is 0 Å². The van der Waals surface area contributed by atoms with Crippen molar-refractivity contribution in [3.63, 3.8) is 0 Å². The highest BCUT2D eigenvalue weighted by Gasteiger charge is 2.44. The summed E-state index contributed by atoms with van der Waals surface area (Å²) in [4.78, 5) is 12.6. The number of allylic oxidation sites excluding steroid dienone is 2. The van der Waals surface area contributed by atoms with Crippen LogP contribution < -0.4 is 0 Å². The van der Waals surface area contributed by atoms with E-state index >= 15 is 0 Å². The Kier molecular flexibility index (Phi) is 27.2. The minimum absolute atomic E-state index is 0.100. The van der Waals surface area contributed by atoms with E-state index in [4.69, 9.17) is 33.5 Å². The number of ether oxygens (including phenoxy) is 6. The van der Waals surface area contributed by atoms with Crippen LogP contribution in [0.2, 0.25) is 0 Å². The summed E-state index contributed by atoms with van der Waals surface area (Å²) in [5.41, 5.74) is 0. The second kappa shape index (κ2) is 29.3. The van der Waals surface area contributed by atoms with E-state index in [0.29, 0.717) is 19.6 Å². The molecule has 5 atom stereocenters. The normalized spacial score (nSPS) is 20.0. The number of hydrogen-bond acceptors (Lipinski definition) is 10. The Hall–Kier alpha value is -1.11. The zero-order chi connectivity index (χ0) is 32.1. The third-order valence-corrected chi connectivity index (χ3v) is 7.83. The van der Waals surface area contributed by atoms with Crippen molar-refractivity contribution in [2.45, 2.75) is 128 Å². The van der Waals surface area contributed by atoms with Gasteiger partial charge in [0.1, 0.15) is 24.4 Å². The molecule has 0 aromatic heterocycles. The number of esters is 1. The highest BCUT2D eigenvalue weighted by atomic mass is 16.6. The minimum atomic E-state index is -0.547. The molecule has 0 aromatic rings. The molecule has 5 unspecified atom stereocenters. The number of aliphatic hydroxyl groups excluding tert-OH is 3. The number of carbonyl (C=O) groups is 1. The van der Waals surface area contributed by atoms with Gasteiger partial charge in [0.25, 0.3) is 0 Å². The van der Waals surface area contributed by atoms with Crippen molar-refractivity contribution in [3.05, 3.63) is 12.2 Å². The molecular formula is C34H64O10. The lowest BCUT2D eigenvalue weighted by Crippen LogP contribution is -2.45. The predicted molar refractivity (Wildman–Crippen MR) is 171 cm³/mol. The van der Waals surface area contributed by atoms with Gasteiger partial charge in [-0.15, -0.1) is 0 Å². The summed E-state index contributed by atoms with van der Waals surface area (Å²) in [6, 6.07) is 0. The smallest absolute Gasteiger partial charge is 0.309 e. The average Bonchev–Trinajstić information content (AvgIpc) is 3.43. The maximum Gasteiger partial charge on any atom is 0.309 e. The van der Waals surface area contributed by atoms with Crippen molar-refractivity contribution in [2.24, 2.45) is 5.92 Å². The molecule has 10 heteroatoms. The first-order chi connectivity index (χ1) is 21.6. The second-order valence-corrected chi connectivity index (χ2v) is 11.5. The maximum absolute atomic E-state index is 12.6. The van der Waals surface area contributed by atoms with Gasteiger partial charge in [-0.25, -0.2) is 0 Å². The summed E-state index contributed by atoms with van der Waals surface area (Å²) in [6.45, 7) is 5.12. The van der Waals surface area contributed by atoms with Crippen LogP contribution in [0.25, 0.3) is 0 Å². The molecule has 0 aliphatic carbocycles. The summed E-state index contributed by atoms with van der Waals surface area (Å²) in [7, 11) is 0. The highest BCUT2D eigenvalue weighted by molar-refractivity contribution is 5.72. The quantitative estimate of drug-likeness (QED) is 0.0559. The second-order valence-electron chi connectivity index (χ2n) is 11.5. The van der Waals surface area contributed by atoms with Gasteiger partial charge in [0.2, 0.25) is 0 Å². The molecule has 260 valence electrons. The van der Waals surface area contributed by atoms with Crippen LogP contribution in [0.15, 0.2) is 12.2 Å². The molecule has 0 aromatic carbocycles. The molecule has 0 radical (unpaired) electrons. The van der Waals surface area contributed by atoms with Gasteiger partial charge in [-0.2, -0.15) is 0 Å². The molecule has 3 N–H and O–H groups in total. The van der Waals surface area contributed by atoms with Crippen LogP contribution in [0.4, 0.5) is 0 Å². The van der Waals surface area contributed by atoms with E-state index in [1.165, 1.54) is 51.4 Å². The molecule has 1 aliphatic heterocycles. The van der Waals surface area contributed by atoms with Gasteiger partial charge in [0.15, 0.2) is 0 Å². The Morgan fingerprint density at radius 3 is 2.09 bits per heavy atom. The van der Waals surface area contributed by atoms with Gasteiger partial charge in [-0.1, -0.05) is 70.4 Å². The first-order valence-electron chi connectivity index (χ1n) is 17.3. The summed E-state index contributed by atoms with van der Waals surface area (Å²) >= 11 is 0. The molecule has 1 saturated heterocycles. The van der Waals surface area contributed by atoms with E-state index in [2.05, 4.69) is 19.1 Å². The summed E-state index contributed by atoms with van der Waals surface area (Å²) < 4.78 is 34.6. The van der Waals surface area contributed by atoms with Crippen molar-refractivity contribution in [1.82, 2.24) is 0 Å². The van der Waals surface area contributed by atoms with Gasteiger partial charge < -0.3 is 43.7 Å². The van der Waals surface area contributed by atoms with Crippen LogP contribution in [0, 0.1) is 5.92 Å². The molecule has 10 nitrogen and oxygen atoms in total. The first kappa shape index (κ1) is 40.9. The third-order valence-electron chi connectivity index (χ3n) is 7.83. The van der Waals surface area contributed by atoms with Crippen molar-refractivity contribution in [2.75, 3.05) is 66.1 Å². The van der Waals surface area contributed by atoms with Gasteiger partial charge in [0, 0.05) is 6.61 Å². The maximum atomic E-state index is 12.6. The first-order valence-corrected chi connectivity index (χ1v) is 17.3. The monoisotopic (exact) mass is 632 g/mol. The van der Waals surface area contributed by atoms with Gasteiger partial charge in [0.05, 0.1) is 65.4 Å². The zero-order valence-corrected chi connectivity index (χ0v) is 27.7. The number of carbonyl (C=O) groups excluding carboxylic acids is 1. The van der Waals surface area contributed by atoms with Crippen LogP contribution in [-0.4, -0.2) is 112 Å². The van der Waals surface area contributed by atoms with E-state index < -0.39 is 24.4 Å². The molecule has 1 aliphatic rings. The lowest BCUT2D eigenvalue weighted by molar-refractivity contribution is -0.150. The topological polar surface area (TPSA) is 133 Å². The van der Waals surface area contributed by atoms with Crippen molar-refractivity contribution in [1.29, 1.82) is 0 Å². The van der Waals surface area contributed by atoms with Crippen LogP contribution in [0.3, 0.4) is 0 Å². The van der Waals surface area contributed by atoms with Crippen LogP contribution in [0.5, 0.6) is 0 Å². The van der Waals surface area contributed by atoms with E-state index in [-0.39, 0.29) is 64.7 Å². The molecule has 44 heavy (non-hydrogen) atoms. The SMILES string of the molecule is CCCCCCCCC=CCCCCCCC(CCOCC(OCCO)C1OCC(OCCO)C1OCCO)C(=O)OCC. The number of unbranched alkanes of at least 4 members (excludes halogenated alkanes) is 10. The zero-order valence-electron chi connectivity index (χ0n) is 27.7. The van der Waals surface area contributed by atoms with E-state index in [9.17, 15) is 15.0 Å². The summed E-state index contributed by atoms with van der Waals surface area (Å²) in [6.07, 6.45) is 18.7. The fourth-order valence-corrected chi connectivity index (χ4v) is 5.46. The van der Waals surface area contributed by atoms with Gasteiger partial charge in [-0.3, -0.25) is 4.79 Å². The Labute approximate surface area is 266 Å². The van der Waals surface area contributed by atoms with E-state index in [1.807, 2.05) is 6.92 Å². The van der Waals surface area contributed by atoms with Crippen LogP contribution in [0.1, 0.15) is 104 Å². The molecule has 0 bridgehead atoms. The Bertz CT molecular complexity index is 676. The van der Waals surface area contributed by atoms with Crippen molar-refractivity contribution < 1.29 is 48.5 Å². The summed E-state index contributed by atoms with van der Waals surface area (Å²) in [5.74, 6) is -0.397. The molecule has 1 heterocycles. The lowest BCUT2D eigenvalue weighted by Gasteiger charge is -2.29. The fourth-order valence-electron chi connectivity index (χ4n) is 5.46. The Balaban J connectivity index is 2.42. The van der Waals surface area contributed by atoms with Crippen molar-refractivity contribution >= 4 is 5.97 Å². The standard InChI is InChI=1S/C34H64O10/c1-3-5-6-7-8-9-10-11-12-13-14-15-16-17-18-29(34(38)40-4-2)19-23-39-27-30(41-24-20-35)33-32(43-26-22-37)31(28-44-33)42-25-21-36/h11-12,29-33,35-37H,3-10,13-28H2,1-2H3. The molecule has 1 rings (SSSR count). The van der Waals surface area contributed by atoms with Crippen LogP contribution >= 0.6 is 0 Å². The Morgan fingerprint density at radius 2 is 1.43 bits per heavy atom. The number of aliphatic hydroxyl groups is 3. The van der Waals surface area contributed by atoms with E-state index in [0.717, 1.165) is 32.1 Å². The number of hydrogen-bond donors (Lipinski definition) is 3. The van der Waals surface area contributed by atoms with Gasteiger partial charge in [-0.05, 0) is 45.4 Å². The van der Waals surface area contributed by atoms with Crippen LogP contribution in [-0.2, 0) is 33.2 Å². The fraction of sp³-hybridized carbons (Fsp3) is 0.912. The lowest BCUT2D eigenvalue weighted by atomic mass is 9.97. The Morgan fingerprint density at radius 1 is 0.795 bits per heavy atom. The minimum Gasteiger partial charge on any atom is -0.466 e. The third kappa shape index (κ3) is 19.4. The predicted octanol–water partition coefficient (Wildman–Crippen LogP) is 4.75. The molecule has 0 amide bonds. The van der Waals surface area contributed by atoms with Crippen molar-refractivity contribution in [3.8, 4) is 0 Å². The van der Waals surface area contributed by atoms with Gasteiger partial charge >= 0.3 is 5.97 Å².